The summed E-state index contributed by atoms with van der Waals surface area (Å²) in [5.41, 5.74) is 5.56. The molecule has 4 heteroatoms. The van der Waals surface area contributed by atoms with Crippen LogP contribution in [0.4, 0.5) is 0 Å². The predicted molar refractivity (Wildman–Crippen MR) is 156 cm³/mol. The Morgan fingerprint density at radius 3 is 2.19 bits per heavy atom. The van der Waals surface area contributed by atoms with Crippen LogP contribution < -0.4 is 10.2 Å². The minimum atomic E-state index is -0.351. The van der Waals surface area contributed by atoms with Gasteiger partial charge in [-0.05, 0) is 105 Å². The first-order chi connectivity index (χ1) is 17.5. The Morgan fingerprint density at radius 2 is 1.54 bits per heavy atom. The molecule has 2 unspecified atom stereocenters. The molecular weight excluding hydrogens is 455 g/mol. The molecular formula is C33H41BO3. The van der Waals surface area contributed by atoms with Gasteiger partial charge in [0.25, 0.3) is 0 Å². The molecule has 1 aliphatic heterocycles. The molecule has 3 aromatic carbocycles. The number of methoxy groups -OCH3 is 1. The summed E-state index contributed by atoms with van der Waals surface area (Å²) in [6, 6.07) is 19.9. The van der Waals surface area contributed by atoms with Crippen molar-refractivity contribution in [3.8, 4) is 16.9 Å². The molecule has 2 fully saturated rings. The van der Waals surface area contributed by atoms with Crippen molar-refractivity contribution >= 4 is 23.4 Å². The number of ether oxygens (including phenoxy) is 1. The third-order valence-electron chi connectivity index (χ3n) is 9.14. The highest BCUT2D eigenvalue weighted by Gasteiger charge is 2.51. The van der Waals surface area contributed by atoms with Crippen LogP contribution in [-0.4, -0.2) is 25.4 Å². The molecule has 1 saturated heterocycles. The Hall–Kier alpha value is -2.56. The summed E-state index contributed by atoms with van der Waals surface area (Å²) in [7, 11) is 1.44. The molecule has 3 aromatic rings. The van der Waals surface area contributed by atoms with E-state index in [2.05, 4.69) is 103 Å². The smallest absolute Gasteiger partial charge is 0.494 e. The van der Waals surface area contributed by atoms with Gasteiger partial charge in [-0.2, -0.15) is 0 Å². The Balaban J connectivity index is 1.50. The summed E-state index contributed by atoms with van der Waals surface area (Å²) in [5, 5.41) is 2.40. The third kappa shape index (κ3) is 4.64. The number of hydrogen-bond acceptors (Lipinski definition) is 3. The highest BCUT2D eigenvalue weighted by molar-refractivity contribution is 6.62. The van der Waals surface area contributed by atoms with E-state index in [-0.39, 0.29) is 23.7 Å². The van der Waals surface area contributed by atoms with Gasteiger partial charge in [0.15, 0.2) is 0 Å². The van der Waals surface area contributed by atoms with Gasteiger partial charge >= 0.3 is 7.12 Å². The van der Waals surface area contributed by atoms with Crippen LogP contribution in [0.5, 0.6) is 5.75 Å². The van der Waals surface area contributed by atoms with E-state index in [1.807, 2.05) is 0 Å². The summed E-state index contributed by atoms with van der Waals surface area (Å²) < 4.78 is 18.5. The predicted octanol–water partition coefficient (Wildman–Crippen LogP) is 7.84. The van der Waals surface area contributed by atoms with Crippen molar-refractivity contribution in [1.82, 2.24) is 0 Å². The van der Waals surface area contributed by atoms with Crippen molar-refractivity contribution in [2.45, 2.75) is 83.8 Å². The Labute approximate surface area is 223 Å². The molecule has 0 aromatic heterocycles. The lowest BCUT2D eigenvalue weighted by Crippen LogP contribution is -2.41. The number of allylic oxidation sites excluding steroid dienone is 1. The molecule has 1 aliphatic carbocycles. The lowest BCUT2D eigenvalue weighted by Gasteiger charge is -2.42. The first kappa shape index (κ1) is 26.1. The van der Waals surface area contributed by atoms with Crippen molar-refractivity contribution in [2.75, 3.05) is 7.11 Å². The van der Waals surface area contributed by atoms with Crippen LogP contribution >= 0.6 is 0 Å². The summed E-state index contributed by atoms with van der Waals surface area (Å²) >= 11 is 0. The number of benzene rings is 3. The maximum Gasteiger partial charge on any atom is 0.494 e. The fourth-order valence-corrected chi connectivity index (χ4v) is 6.39. The van der Waals surface area contributed by atoms with Crippen LogP contribution in [0, 0.1) is 5.92 Å². The molecule has 0 spiro atoms. The van der Waals surface area contributed by atoms with Crippen molar-refractivity contribution in [3.05, 3.63) is 72.3 Å². The van der Waals surface area contributed by atoms with Crippen LogP contribution in [0.1, 0.15) is 72.8 Å². The van der Waals surface area contributed by atoms with Gasteiger partial charge in [0.1, 0.15) is 5.75 Å². The fraction of sp³-hybridized carbons (Fsp3) is 0.455. The van der Waals surface area contributed by atoms with E-state index in [9.17, 15) is 0 Å². The van der Waals surface area contributed by atoms with Crippen LogP contribution in [-0.2, 0) is 14.7 Å². The monoisotopic (exact) mass is 496 g/mol. The molecule has 37 heavy (non-hydrogen) atoms. The summed E-state index contributed by atoms with van der Waals surface area (Å²) in [6.07, 6.45) is 4.41. The molecule has 1 saturated carbocycles. The molecule has 0 bridgehead atoms. The molecule has 2 atom stereocenters. The quantitative estimate of drug-likeness (QED) is 0.266. The summed E-state index contributed by atoms with van der Waals surface area (Å²) in [6.45, 7) is 17.4. The summed E-state index contributed by atoms with van der Waals surface area (Å²) in [4.78, 5) is 0. The Kier molecular flexibility index (Phi) is 6.57. The van der Waals surface area contributed by atoms with Crippen molar-refractivity contribution in [1.29, 1.82) is 0 Å². The first-order valence-electron chi connectivity index (χ1n) is 13.7. The average Bonchev–Trinajstić information content (AvgIpc) is 3.08. The highest BCUT2D eigenvalue weighted by Crippen LogP contribution is 2.49. The topological polar surface area (TPSA) is 27.7 Å². The van der Waals surface area contributed by atoms with Gasteiger partial charge in [-0.25, -0.2) is 0 Å². The van der Waals surface area contributed by atoms with Crippen molar-refractivity contribution in [3.63, 3.8) is 0 Å². The van der Waals surface area contributed by atoms with E-state index in [0.717, 1.165) is 30.5 Å². The van der Waals surface area contributed by atoms with E-state index >= 15 is 0 Å². The van der Waals surface area contributed by atoms with Gasteiger partial charge in [-0.1, -0.05) is 62.4 Å². The highest BCUT2D eigenvalue weighted by atomic mass is 16.7. The van der Waals surface area contributed by atoms with Crippen molar-refractivity contribution in [2.24, 2.45) is 5.92 Å². The average molecular weight is 497 g/mol. The van der Waals surface area contributed by atoms with Gasteiger partial charge in [-0.15, -0.1) is 0 Å². The standard InChI is InChI=1S/C33H41BO3/c1-9-33(20-22(2)16-23(3)21-33)29-19-27(13-15-30(29)35-8)24-10-11-26-18-28(14-12-25(26)17-24)34-36-31(4,5)32(6,7)37-34/h10-15,17-19,23H,2,9,16,20-21H2,1,3-8H3. The number of fused-ring (bicyclic) bond motifs is 1. The minimum absolute atomic E-state index is 0.0741. The van der Waals surface area contributed by atoms with Crippen molar-refractivity contribution < 1.29 is 14.0 Å². The van der Waals surface area contributed by atoms with Crippen LogP contribution in [0.3, 0.4) is 0 Å². The molecule has 0 amide bonds. The van der Waals surface area contributed by atoms with E-state index in [4.69, 9.17) is 14.0 Å². The number of rotatable bonds is 5. The Morgan fingerprint density at radius 1 is 0.919 bits per heavy atom. The van der Waals surface area contributed by atoms with Crippen LogP contribution in [0.2, 0.25) is 0 Å². The maximum atomic E-state index is 6.28. The zero-order chi connectivity index (χ0) is 26.6. The van der Waals surface area contributed by atoms with Gasteiger partial charge in [0.05, 0.1) is 18.3 Å². The lowest BCUT2D eigenvalue weighted by atomic mass is 9.63. The summed E-state index contributed by atoms with van der Waals surface area (Å²) in [5.74, 6) is 1.62. The SMILES string of the molecule is C=C1CC(C)CC(CC)(c2cc(-c3ccc4cc(B5OC(C)(C)C(C)(C)O5)ccc4c3)ccc2OC)C1. The van der Waals surface area contributed by atoms with Gasteiger partial charge in [0.2, 0.25) is 0 Å². The molecule has 5 rings (SSSR count). The van der Waals surface area contributed by atoms with E-state index in [1.54, 1.807) is 7.11 Å². The fourth-order valence-electron chi connectivity index (χ4n) is 6.39. The van der Waals surface area contributed by atoms with Gasteiger partial charge < -0.3 is 14.0 Å². The third-order valence-corrected chi connectivity index (χ3v) is 9.14. The minimum Gasteiger partial charge on any atom is -0.496 e. The lowest BCUT2D eigenvalue weighted by molar-refractivity contribution is 0.00578. The second kappa shape index (κ2) is 9.33. The van der Waals surface area contributed by atoms with E-state index in [0.29, 0.717) is 5.92 Å². The van der Waals surface area contributed by atoms with Crippen LogP contribution in [0.25, 0.3) is 21.9 Å². The first-order valence-corrected chi connectivity index (χ1v) is 13.7. The van der Waals surface area contributed by atoms with Crippen LogP contribution in [0.15, 0.2) is 66.7 Å². The zero-order valence-corrected chi connectivity index (χ0v) is 23.6. The molecule has 3 nitrogen and oxygen atoms in total. The molecule has 2 aliphatic rings. The molecule has 194 valence electrons. The normalized spacial score (nSPS) is 25.0. The number of hydrogen-bond donors (Lipinski definition) is 0. The molecule has 0 radical (unpaired) electrons. The second-order valence-electron chi connectivity index (χ2n) is 12.4. The van der Waals surface area contributed by atoms with E-state index < -0.39 is 0 Å². The second-order valence-corrected chi connectivity index (χ2v) is 12.4. The van der Waals surface area contributed by atoms with E-state index in [1.165, 1.54) is 39.5 Å². The molecule has 0 N–H and O–H groups in total. The van der Waals surface area contributed by atoms with Gasteiger partial charge in [-0.3, -0.25) is 0 Å². The largest absolute Gasteiger partial charge is 0.496 e. The Bertz CT molecular complexity index is 1320. The van der Waals surface area contributed by atoms with Gasteiger partial charge in [0, 0.05) is 11.0 Å². The molecule has 1 heterocycles. The zero-order valence-electron chi connectivity index (χ0n) is 23.6. The maximum absolute atomic E-state index is 6.28.